The van der Waals surface area contributed by atoms with Crippen LogP contribution in [0.1, 0.15) is 31.2 Å². The number of amides is 2. The van der Waals surface area contributed by atoms with E-state index in [1.54, 1.807) is 4.90 Å². The van der Waals surface area contributed by atoms with Crippen molar-refractivity contribution in [1.82, 2.24) is 10.2 Å². The monoisotopic (exact) mass is 375 g/mol. The van der Waals surface area contributed by atoms with E-state index >= 15 is 0 Å². The van der Waals surface area contributed by atoms with Gasteiger partial charge in [-0.3, -0.25) is 14.5 Å². The van der Waals surface area contributed by atoms with Crippen LogP contribution in [0.5, 0.6) is 0 Å². The first-order valence-electron chi connectivity index (χ1n) is 8.77. The first-order valence-corrected chi connectivity index (χ1v) is 9.56. The third-order valence-electron chi connectivity index (χ3n) is 6.04. The molecule has 2 saturated heterocycles. The zero-order valence-electron chi connectivity index (χ0n) is 13.6. The number of nitrogens with zero attached hydrogens (tertiary/aromatic N) is 2. The van der Waals surface area contributed by atoms with Gasteiger partial charge in [-0.05, 0) is 55.6 Å². The third kappa shape index (κ3) is 1.98. The van der Waals surface area contributed by atoms with Crippen LogP contribution in [0.2, 0.25) is 5.02 Å². The van der Waals surface area contributed by atoms with E-state index in [2.05, 4.69) is 10.2 Å². The highest BCUT2D eigenvalue weighted by atomic mass is 35.5. The maximum Gasteiger partial charge on any atom is 0.247 e. The summed E-state index contributed by atoms with van der Waals surface area (Å²) < 4.78 is 0. The van der Waals surface area contributed by atoms with Crippen molar-refractivity contribution >= 4 is 46.4 Å². The van der Waals surface area contributed by atoms with Crippen LogP contribution in [0.15, 0.2) is 18.2 Å². The molecule has 5 nitrogen and oxygen atoms in total. The number of carbonyl (C=O) groups is 2. The van der Waals surface area contributed by atoms with Gasteiger partial charge in [0.2, 0.25) is 11.8 Å². The van der Waals surface area contributed by atoms with Crippen LogP contribution in [-0.4, -0.2) is 40.5 Å². The Bertz CT molecular complexity index is 825. The maximum absolute atomic E-state index is 13.6. The van der Waals surface area contributed by atoms with Gasteiger partial charge in [0.05, 0.1) is 6.04 Å². The van der Waals surface area contributed by atoms with Gasteiger partial charge in [-0.15, -0.1) is 0 Å². The summed E-state index contributed by atoms with van der Waals surface area (Å²) in [4.78, 5) is 30.6. The van der Waals surface area contributed by atoms with Crippen LogP contribution in [0.3, 0.4) is 0 Å². The lowest BCUT2D eigenvalue weighted by molar-refractivity contribution is -0.152. The second-order valence-electron chi connectivity index (χ2n) is 7.40. The predicted molar refractivity (Wildman–Crippen MR) is 98.6 cm³/mol. The Labute approximate surface area is 156 Å². The number of rotatable bonds is 1. The average Bonchev–Trinajstić information content (AvgIpc) is 3.27. The first-order chi connectivity index (χ1) is 12.0. The second kappa shape index (κ2) is 5.17. The lowest BCUT2D eigenvalue weighted by Gasteiger charge is -2.50. The first kappa shape index (κ1) is 15.6. The van der Waals surface area contributed by atoms with E-state index < -0.39 is 5.41 Å². The molecule has 3 heterocycles. The van der Waals surface area contributed by atoms with Gasteiger partial charge in [0.1, 0.15) is 0 Å². The Morgan fingerprint density at radius 2 is 2.04 bits per heavy atom. The number of hydrogen-bond acceptors (Lipinski definition) is 4. The van der Waals surface area contributed by atoms with Crippen LogP contribution in [0.4, 0.5) is 5.69 Å². The van der Waals surface area contributed by atoms with Crippen molar-refractivity contribution in [2.24, 2.45) is 5.41 Å². The molecule has 1 aromatic carbocycles. The molecular formula is C18H18ClN3O2S. The van der Waals surface area contributed by atoms with E-state index in [0.29, 0.717) is 11.4 Å². The molecule has 130 valence electrons. The molecule has 1 saturated carbocycles. The van der Waals surface area contributed by atoms with Crippen LogP contribution < -0.4 is 10.2 Å². The minimum absolute atomic E-state index is 0.129. The molecular weight excluding hydrogens is 358 g/mol. The molecule has 0 aromatic heterocycles. The van der Waals surface area contributed by atoms with E-state index in [9.17, 15) is 9.59 Å². The zero-order chi connectivity index (χ0) is 17.3. The molecule has 7 heteroatoms. The fourth-order valence-electron chi connectivity index (χ4n) is 4.74. The van der Waals surface area contributed by atoms with E-state index in [1.807, 2.05) is 18.2 Å². The molecule has 2 amide bonds. The molecule has 3 aliphatic heterocycles. The van der Waals surface area contributed by atoms with Gasteiger partial charge in [0, 0.05) is 29.7 Å². The molecule has 0 radical (unpaired) electrons. The van der Waals surface area contributed by atoms with E-state index in [-0.39, 0.29) is 29.0 Å². The SMILES string of the molecule is O=C1NC(=S)N(C2CC2)C(=O)[C@@]12Cc1c(Cl)cccc1N1CCC[C@@H]12. The van der Waals surface area contributed by atoms with Crippen LogP contribution in [-0.2, 0) is 16.0 Å². The third-order valence-corrected chi connectivity index (χ3v) is 6.69. The van der Waals surface area contributed by atoms with Crippen molar-refractivity contribution in [2.75, 3.05) is 11.4 Å². The van der Waals surface area contributed by atoms with Crippen LogP contribution in [0, 0.1) is 5.41 Å². The number of carbonyl (C=O) groups excluding carboxylic acids is 2. The Hall–Kier alpha value is -1.66. The molecule has 1 N–H and O–H groups in total. The zero-order valence-corrected chi connectivity index (χ0v) is 15.2. The van der Waals surface area contributed by atoms with Gasteiger partial charge in [-0.1, -0.05) is 17.7 Å². The number of thiocarbonyl (C=S) groups is 1. The normalized spacial score (nSPS) is 31.2. The number of benzene rings is 1. The van der Waals surface area contributed by atoms with Crippen LogP contribution in [0.25, 0.3) is 0 Å². The van der Waals surface area contributed by atoms with Crippen molar-refractivity contribution in [2.45, 2.75) is 44.2 Å². The Balaban J connectivity index is 1.69. The molecule has 1 aromatic rings. The number of nitrogens with one attached hydrogen (secondary N) is 1. The Morgan fingerprint density at radius 1 is 1.24 bits per heavy atom. The van der Waals surface area contributed by atoms with Crippen molar-refractivity contribution in [3.63, 3.8) is 0 Å². The summed E-state index contributed by atoms with van der Waals surface area (Å²) in [6.07, 6.45) is 4.04. The van der Waals surface area contributed by atoms with Crippen molar-refractivity contribution in [3.8, 4) is 0 Å². The minimum Gasteiger partial charge on any atom is -0.367 e. The predicted octanol–water partition coefficient (Wildman–Crippen LogP) is 2.26. The van der Waals surface area contributed by atoms with Gasteiger partial charge in [-0.2, -0.15) is 0 Å². The lowest BCUT2D eigenvalue weighted by atomic mass is 9.68. The highest BCUT2D eigenvalue weighted by molar-refractivity contribution is 7.80. The number of fused-ring (bicyclic) bond motifs is 4. The maximum atomic E-state index is 13.6. The Kier molecular flexibility index (Phi) is 3.23. The summed E-state index contributed by atoms with van der Waals surface area (Å²) in [5.41, 5.74) is 0.834. The summed E-state index contributed by atoms with van der Waals surface area (Å²) in [5.74, 6) is -0.395. The molecule has 25 heavy (non-hydrogen) atoms. The van der Waals surface area contributed by atoms with Gasteiger partial charge in [-0.25, -0.2) is 0 Å². The van der Waals surface area contributed by atoms with E-state index in [0.717, 1.165) is 43.5 Å². The van der Waals surface area contributed by atoms with E-state index in [4.69, 9.17) is 23.8 Å². The molecule has 0 bridgehead atoms. The molecule has 5 rings (SSSR count). The highest BCUT2D eigenvalue weighted by Gasteiger charge is 2.63. The lowest BCUT2D eigenvalue weighted by Crippen LogP contribution is -2.71. The summed E-state index contributed by atoms with van der Waals surface area (Å²) in [7, 11) is 0. The summed E-state index contributed by atoms with van der Waals surface area (Å²) >= 11 is 11.8. The molecule has 3 fully saturated rings. The number of halogens is 1. The van der Waals surface area contributed by atoms with Crippen molar-refractivity contribution < 1.29 is 9.59 Å². The smallest absolute Gasteiger partial charge is 0.247 e. The van der Waals surface area contributed by atoms with Gasteiger partial charge >= 0.3 is 0 Å². The number of anilines is 1. The summed E-state index contributed by atoms with van der Waals surface area (Å²) in [5, 5.41) is 3.71. The Morgan fingerprint density at radius 3 is 2.80 bits per heavy atom. The molecule has 1 aliphatic carbocycles. The van der Waals surface area contributed by atoms with Gasteiger partial charge < -0.3 is 10.2 Å². The van der Waals surface area contributed by atoms with E-state index in [1.165, 1.54) is 0 Å². The molecule has 2 atom stereocenters. The quantitative estimate of drug-likeness (QED) is 0.604. The highest BCUT2D eigenvalue weighted by Crippen LogP contribution is 2.50. The molecule has 0 unspecified atom stereocenters. The topological polar surface area (TPSA) is 52.7 Å². The fourth-order valence-corrected chi connectivity index (χ4v) is 5.30. The largest absolute Gasteiger partial charge is 0.367 e. The minimum atomic E-state index is -1.13. The average molecular weight is 376 g/mol. The summed E-state index contributed by atoms with van der Waals surface area (Å²) in [6, 6.07) is 5.82. The summed E-state index contributed by atoms with van der Waals surface area (Å²) in [6.45, 7) is 0.841. The van der Waals surface area contributed by atoms with Crippen LogP contribution >= 0.6 is 23.8 Å². The molecule has 4 aliphatic rings. The number of hydrogen-bond donors (Lipinski definition) is 1. The van der Waals surface area contributed by atoms with Gasteiger partial charge in [0.15, 0.2) is 10.5 Å². The standard InChI is InChI=1S/C18H18ClN3O2S/c19-12-3-1-4-13-11(12)9-18(14-5-2-8-21(13)14)15(23)20-17(25)22(16(18)24)10-6-7-10/h1,3-4,10,14H,2,5-9H2,(H,20,23,25)/t14-,18-/m1/s1. The van der Waals surface area contributed by atoms with Gasteiger partial charge in [0.25, 0.3) is 0 Å². The second-order valence-corrected chi connectivity index (χ2v) is 8.20. The molecule has 1 spiro atoms. The fraction of sp³-hybridized carbons (Fsp3) is 0.500. The van der Waals surface area contributed by atoms with Crippen molar-refractivity contribution in [1.29, 1.82) is 0 Å². The van der Waals surface area contributed by atoms with Crippen molar-refractivity contribution in [3.05, 3.63) is 28.8 Å².